The number of hydrogen-bond acceptors (Lipinski definition) is 4. The molecular weight excluding hydrogens is 467 g/mol. The highest BCUT2D eigenvalue weighted by atomic mass is 127. The Morgan fingerprint density at radius 1 is 1.16 bits per heavy atom. The molecule has 0 radical (unpaired) electrons. The van der Waals surface area contributed by atoms with Crippen molar-refractivity contribution >= 4 is 49.8 Å². The van der Waals surface area contributed by atoms with Crippen LogP contribution in [0.2, 0.25) is 0 Å². The lowest BCUT2D eigenvalue weighted by Crippen LogP contribution is -2.26. The Morgan fingerprint density at radius 3 is 2.44 bits per heavy atom. The van der Waals surface area contributed by atoms with Gasteiger partial charge in [0, 0.05) is 16.7 Å². The zero-order valence-corrected chi connectivity index (χ0v) is 16.0. The zero-order chi connectivity index (χ0) is 18.4. The average Bonchev–Trinajstić information content (AvgIpc) is 3.36. The first-order chi connectivity index (χ1) is 11.7. The molecule has 0 amide bonds. The third kappa shape index (κ3) is 3.78. The van der Waals surface area contributed by atoms with E-state index in [4.69, 9.17) is 0 Å². The molecule has 1 aromatic heterocycles. The van der Waals surface area contributed by atoms with E-state index in [9.17, 15) is 22.0 Å². The molecule has 6 nitrogen and oxygen atoms in total. The summed E-state index contributed by atoms with van der Waals surface area (Å²) in [6, 6.07) is 5.17. The van der Waals surface area contributed by atoms with E-state index < -0.39 is 32.5 Å². The van der Waals surface area contributed by atoms with Gasteiger partial charge in [0.25, 0.3) is 5.56 Å². The molecule has 1 heterocycles. The molecule has 1 fully saturated rings. The van der Waals surface area contributed by atoms with Gasteiger partial charge in [-0.2, -0.15) is 0 Å². The molecule has 0 aliphatic heterocycles. The molecular formula is C15H14F2IN3O3S. The lowest BCUT2D eigenvalue weighted by molar-refractivity contribution is 0.592. The van der Waals surface area contributed by atoms with Crippen LogP contribution >= 0.6 is 22.6 Å². The number of aromatic nitrogens is 1. The quantitative estimate of drug-likeness (QED) is 0.644. The van der Waals surface area contributed by atoms with Gasteiger partial charge in [-0.25, -0.2) is 17.2 Å². The molecule has 0 bridgehead atoms. The van der Waals surface area contributed by atoms with E-state index in [2.05, 4.69) is 10.0 Å². The van der Waals surface area contributed by atoms with Crippen LogP contribution < -0.4 is 15.6 Å². The second-order valence-corrected chi connectivity index (χ2v) is 8.92. The number of anilines is 3. The highest BCUT2D eigenvalue weighted by Gasteiger charge is 2.36. The van der Waals surface area contributed by atoms with Crippen LogP contribution in [-0.2, 0) is 17.1 Å². The fourth-order valence-electron chi connectivity index (χ4n) is 2.26. The number of pyridine rings is 1. The lowest BCUT2D eigenvalue weighted by atomic mass is 10.3. The Hall–Kier alpha value is -1.69. The number of rotatable bonds is 5. The number of halogens is 3. The van der Waals surface area contributed by atoms with Gasteiger partial charge in [-0.3, -0.25) is 14.1 Å². The van der Waals surface area contributed by atoms with Gasteiger partial charge in [0.05, 0.1) is 16.6 Å². The number of hydrogen-bond donors (Lipinski definition) is 2. The van der Waals surface area contributed by atoms with Crippen LogP contribution in [0, 0.1) is 15.2 Å². The molecule has 1 aliphatic carbocycles. The van der Waals surface area contributed by atoms with Crippen LogP contribution in [0.5, 0.6) is 0 Å². The SMILES string of the molecule is Cn1c(Nc2ccc(I)cc2F)c(NS(=O)(=O)C2CC2)cc(F)c1=O. The van der Waals surface area contributed by atoms with E-state index in [1.54, 1.807) is 6.07 Å². The predicted molar refractivity (Wildman–Crippen MR) is 99.6 cm³/mol. The van der Waals surface area contributed by atoms with Crippen molar-refractivity contribution in [2.45, 2.75) is 18.1 Å². The van der Waals surface area contributed by atoms with Gasteiger partial charge < -0.3 is 5.32 Å². The topological polar surface area (TPSA) is 80.2 Å². The van der Waals surface area contributed by atoms with Crippen LogP contribution in [-0.4, -0.2) is 18.2 Å². The van der Waals surface area contributed by atoms with Crippen molar-refractivity contribution in [3.05, 3.63) is 49.8 Å². The third-order valence-corrected chi connectivity index (χ3v) is 6.29. The maximum atomic E-state index is 14.1. The summed E-state index contributed by atoms with van der Waals surface area (Å²) in [5, 5.41) is 2.15. The van der Waals surface area contributed by atoms with Gasteiger partial charge in [0.1, 0.15) is 11.6 Å². The van der Waals surface area contributed by atoms with Gasteiger partial charge in [0.2, 0.25) is 10.0 Å². The normalized spacial score (nSPS) is 14.4. The molecule has 25 heavy (non-hydrogen) atoms. The van der Waals surface area contributed by atoms with Gasteiger partial charge in [-0.15, -0.1) is 0 Å². The first kappa shape index (κ1) is 18.1. The summed E-state index contributed by atoms with van der Waals surface area (Å²) in [7, 11) is -2.41. The van der Waals surface area contributed by atoms with Crippen molar-refractivity contribution in [1.29, 1.82) is 0 Å². The van der Waals surface area contributed by atoms with Crippen LogP contribution in [0.25, 0.3) is 0 Å². The van der Waals surface area contributed by atoms with E-state index in [1.165, 1.54) is 19.2 Å². The fourth-order valence-corrected chi connectivity index (χ4v) is 4.10. The van der Waals surface area contributed by atoms with E-state index in [0.717, 1.165) is 10.6 Å². The molecule has 1 saturated carbocycles. The van der Waals surface area contributed by atoms with Crippen molar-refractivity contribution in [3.8, 4) is 0 Å². The van der Waals surface area contributed by atoms with Crippen LogP contribution in [0.4, 0.5) is 26.0 Å². The third-order valence-electron chi connectivity index (χ3n) is 3.77. The smallest absolute Gasteiger partial charge is 0.287 e. The number of benzene rings is 1. The molecule has 0 unspecified atom stereocenters. The Labute approximate surface area is 156 Å². The second kappa shape index (κ2) is 6.56. The van der Waals surface area contributed by atoms with Crippen molar-refractivity contribution in [2.75, 3.05) is 10.0 Å². The van der Waals surface area contributed by atoms with Crippen molar-refractivity contribution in [1.82, 2.24) is 4.57 Å². The Morgan fingerprint density at radius 2 is 1.84 bits per heavy atom. The van der Waals surface area contributed by atoms with Crippen LogP contribution in [0.1, 0.15) is 12.8 Å². The molecule has 3 rings (SSSR count). The maximum Gasteiger partial charge on any atom is 0.287 e. The monoisotopic (exact) mass is 481 g/mol. The van der Waals surface area contributed by atoms with Gasteiger partial charge in [-0.1, -0.05) is 0 Å². The highest BCUT2D eigenvalue weighted by molar-refractivity contribution is 14.1. The van der Waals surface area contributed by atoms with Gasteiger partial charge >= 0.3 is 0 Å². The van der Waals surface area contributed by atoms with Gasteiger partial charge in [0.15, 0.2) is 5.82 Å². The summed E-state index contributed by atoms with van der Waals surface area (Å²) in [6.45, 7) is 0. The molecule has 10 heteroatoms. The summed E-state index contributed by atoms with van der Waals surface area (Å²) >= 11 is 1.94. The van der Waals surface area contributed by atoms with Crippen molar-refractivity contribution < 1.29 is 17.2 Å². The van der Waals surface area contributed by atoms with E-state index in [0.29, 0.717) is 16.4 Å². The summed E-state index contributed by atoms with van der Waals surface area (Å²) in [4.78, 5) is 11.9. The highest BCUT2D eigenvalue weighted by Crippen LogP contribution is 2.33. The molecule has 2 N–H and O–H groups in total. The first-order valence-corrected chi connectivity index (χ1v) is 9.95. The predicted octanol–water partition coefficient (Wildman–Crippen LogP) is 2.92. The van der Waals surface area contributed by atoms with Crippen LogP contribution in [0.15, 0.2) is 29.1 Å². The molecule has 134 valence electrons. The van der Waals surface area contributed by atoms with E-state index >= 15 is 0 Å². The van der Waals surface area contributed by atoms with Gasteiger partial charge in [-0.05, 0) is 53.6 Å². The summed E-state index contributed by atoms with van der Waals surface area (Å²) in [6.07, 6.45) is 1.05. The second-order valence-electron chi connectivity index (χ2n) is 5.71. The minimum absolute atomic E-state index is 0.0360. The fraction of sp³-hybridized carbons (Fsp3) is 0.267. The lowest BCUT2D eigenvalue weighted by Gasteiger charge is -2.18. The Bertz CT molecular complexity index is 1000. The molecule has 0 spiro atoms. The number of nitrogens with one attached hydrogen (secondary N) is 2. The Kier molecular flexibility index (Phi) is 4.75. The zero-order valence-electron chi connectivity index (χ0n) is 13.0. The minimum atomic E-state index is -3.69. The number of sulfonamides is 1. The average molecular weight is 481 g/mol. The summed E-state index contributed by atoms with van der Waals surface area (Å²) in [5.41, 5.74) is -1.07. The minimum Gasteiger partial charge on any atom is -0.337 e. The molecule has 1 aliphatic rings. The number of nitrogens with zero attached hydrogens (tertiary/aromatic N) is 1. The van der Waals surface area contributed by atoms with Crippen LogP contribution in [0.3, 0.4) is 0 Å². The van der Waals surface area contributed by atoms with Crippen molar-refractivity contribution in [3.63, 3.8) is 0 Å². The molecule has 1 aromatic carbocycles. The maximum absolute atomic E-state index is 14.1. The Balaban J connectivity index is 2.07. The molecule has 0 atom stereocenters. The molecule has 0 saturated heterocycles. The summed E-state index contributed by atoms with van der Waals surface area (Å²) < 4.78 is 56.1. The summed E-state index contributed by atoms with van der Waals surface area (Å²) in [5.74, 6) is -1.74. The van der Waals surface area contributed by atoms with Crippen molar-refractivity contribution in [2.24, 2.45) is 7.05 Å². The largest absolute Gasteiger partial charge is 0.337 e. The standard InChI is InChI=1S/C15H14F2IN3O3S/c1-21-14(19-12-5-2-8(18)6-10(12)16)13(7-11(17)15(21)22)20-25(23,24)9-3-4-9/h2,5-7,9,19-20H,3-4H2,1H3. The first-order valence-electron chi connectivity index (χ1n) is 7.32. The van der Waals surface area contributed by atoms with E-state index in [1.807, 2.05) is 22.6 Å². The van der Waals surface area contributed by atoms with E-state index in [-0.39, 0.29) is 17.2 Å². The molecule has 2 aromatic rings.